The number of hydrogen-bond donors (Lipinski definition) is 0. The Labute approximate surface area is 201 Å². The van der Waals surface area contributed by atoms with Crippen LogP contribution in [0.4, 0.5) is 0 Å². The topological polar surface area (TPSA) is 73.2 Å². The minimum absolute atomic E-state index is 0.0675. The number of ether oxygens (including phenoxy) is 3. The molecule has 0 unspecified atom stereocenters. The molecule has 1 amide bonds. The number of hydrogen-bond acceptors (Lipinski definition) is 6. The molecule has 2 aromatic carbocycles. The number of rotatable bonds is 3. The van der Waals surface area contributed by atoms with Gasteiger partial charge in [0.15, 0.2) is 11.5 Å². The summed E-state index contributed by atoms with van der Waals surface area (Å²) in [5, 5.41) is 0.678. The van der Waals surface area contributed by atoms with E-state index >= 15 is 0 Å². The smallest absolute Gasteiger partial charge is 0.259 e. The Balaban J connectivity index is 1.21. The Kier molecular flexibility index (Phi) is 5.15. The molecular formula is C25H24ClN3O5. The second-order valence-corrected chi connectivity index (χ2v) is 9.39. The fraction of sp³-hybridized carbons (Fsp3) is 0.360. The van der Waals surface area contributed by atoms with Crippen molar-refractivity contribution in [2.45, 2.75) is 26.1 Å². The Morgan fingerprint density at radius 2 is 1.82 bits per heavy atom. The third kappa shape index (κ3) is 3.58. The first kappa shape index (κ1) is 21.3. The number of pyridine rings is 1. The lowest BCUT2D eigenvalue weighted by Crippen LogP contribution is -2.49. The molecule has 0 aliphatic carbocycles. The van der Waals surface area contributed by atoms with Crippen molar-refractivity contribution in [1.82, 2.24) is 14.4 Å². The molecule has 1 saturated heterocycles. The number of aromatic nitrogens is 1. The van der Waals surface area contributed by atoms with Gasteiger partial charge in [0.05, 0.1) is 22.5 Å². The van der Waals surface area contributed by atoms with Crippen molar-refractivity contribution in [3.8, 4) is 17.2 Å². The summed E-state index contributed by atoms with van der Waals surface area (Å²) in [4.78, 5) is 30.8. The molecule has 1 aromatic heterocycles. The minimum atomic E-state index is -0.343. The molecule has 0 spiro atoms. The van der Waals surface area contributed by atoms with Crippen LogP contribution >= 0.6 is 11.6 Å². The second-order valence-electron chi connectivity index (χ2n) is 8.98. The summed E-state index contributed by atoms with van der Waals surface area (Å²) in [6, 6.07) is 9.40. The highest BCUT2D eigenvalue weighted by Crippen LogP contribution is 2.34. The van der Waals surface area contributed by atoms with Gasteiger partial charge in [-0.25, -0.2) is 0 Å². The van der Waals surface area contributed by atoms with Crippen LogP contribution in [0, 0.1) is 0 Å². The lowest BCUT2D eigenvalue weighted by molar-refractivity contribution is 0.0626. The van der Waals surface area contributed by atoms with Gasteiger partial charge in [0, 0.05) is 38.9 Å². The second kappa shape index (κ2) is 8.21. The van der Waals surface area contributed by atoms with Gasteiger partial charge in [0.25, 0.3) is 5.91 Å². The molecule has 8 nitrogen and oxygen atoms in total. The van der Waals surface area contributed by atoms with Gasteiger partial charge in [-0.1, -0.05) is 17.7 Å². The summed E-state index contributed by atoms with van der Waals surface area (Å²) in [6.45, 7) is 6.07. The zero-order valence-electron chi connectivity index (χ0n) is 18.8. The average molecular weight is 482 g/mol. The van der Waals surface area contributed by atoms with Crippen molar-refractivity contribution in [2.24, 2.45) is 0 Å². The molecule has 34 heavy (non-hydrogen) atoms. The highest BCUT2D eigenvalue weighted by Gasteiger charge is 2.28. The van der Waals surface area contributed by atoms with Gasteiger partial charge in [-0.15, -0.1) is 0 Å². The molecule has 4 heterocycles. The van der Waals surface area contributed by atoms with Crippen LogP contribution in [-0.4, -0.2) is 59.4 Å². The summed E-state index contributed by atoms with van der Waals surface area (Å²) in [7, 11) is 0. The van der Waals surface area contributed by atoms with Crippen LogP contribution in [0.1, 0.15) is 22.8 Å². The Morgan fingerprint density at radius 1 is 1.06 bits per heavy atom. The quantitative estimate of drug-likeness (QED) is 0.572. The number of piperazine rings is 1. The molecule has 0 N–H and O–H groups in total. The molecule has 0 saturated carbocycles. The monoisotopic (exact) mass is 481 g/mol. The largest absolute Gasteiger partial charge is 0.487 e. The van der Waals surface area contributed by atoms with Gasteiger partial charge in [-0.3, -0.25) is 14.5 Å². The van der Waals surface area contributed by atoms with E-state index in [2.05, 4.69) is 4.90 Å². The lowest BCUT2D eigenvalue weighted by atomic mass is 10.1. The van der Waals surface area contributed by atoms with Crippen molar-refractivity contribution < 1.29 is 19.0 Å². The summed E-state index contributed by atoms with van der Waals surface area (Å²) in [6.07, 6.45) is 1.60. The lowest BCUT2D eigenvalue weighted by Gasteiger charge is -2.35. The predicted octanol–water partition coefficient (Wildman–Crippen LogP) is 3.12. The van der Waals surface area contributed by atoms with Crippen LogP contribution in [0.3, 0.4) is 0 Å². The van der Waals surface area contributed by atoms with Gasteiger partial charge in [-0.05, 0) is 36.8 Å². The Hall–Kier alpha value is -3.23. The number of nitrogens with zero attached hydrogens (tertiary/aromatic N) is 3. The molecule has 1 fully saturated rings. The van der Waals surface area contributed by atoms with E-state index in [1.807, 2.05) is 29.7 Å². The molecule has 176 valence electrons. The minimum Gasteiger partial charge on any atom is -0.487 e. The van der Waals surface area contributed by atoms with E-state index in [1.54, 1.807) is 23.2 Å². The third-order valence-electron chi connectivity index (χ3n) is 6.65. The predicted molar refractivity (Wildman–Crippen MR) is 127 cm³/mol. The zero-order valence-corrected chi connectivity index (χ0v) is 19.5. The molecule has 1 atom stereocenters. The SMILES string of the molecule is C[C@H]1Cn2cc(C(=O)N3CCN(Cc4ccc5c(c4)OCO5)CC3)c(=O)c3c(Cl)ccc(c32)O1. The fourth-order valence-electron chi connectivity index (χ4n) is 4.96. The van der Waals surface area contributed by atoms with E-state index in [4.69, 9.17) is 25.8 Å². The number of amides is 1. The van der Waals surface area contributed by atoms with E-state index in [0.29, 0.717) is 41.3 Å². The summed E-state index contributed by atoms with van der Waals surface area (Å²) in [5.74, 6) is 1.91. The van der Waals surface area contributed by atoms with E-state index in [1.165, 1.54) is 0 Å². The highest BCUT2D eigenvalue weighted by molar-refractivity contribution is 6.35. The molecular weight excluding hydrogens is 458 g/mol. The van der Waals surface area contributed by atoms with Gasteiger partial charge in [0.2, 0.25) is 12.2 Å². The maximum Gasteiger partial charge on any atom is 0.259 e. The first-order valence-corrected chi connectivity index (χ1v) is 11.8. The molecule has 3 aliphatic heterocycles. The van der Waals surface area contributed by atoms with Crippen molar-refractivity contribution in [1.29, 1.82) is 0 Å². The number of carbonyl (C=O) groups is 1. The van der Waals surface area contributed by atoms with Crippen LogP contribution in [0.25, 0.3) is 10.9 Å². The Bertz CT molecular complexity index is 1360. The maximum atomic E-state index is 13.4. The van der Waals surface area contributed by atoms with Crippen LogP contribution in [0.15, 0.2) is 41.3 Å². The summed E-state index contributed by atoms with van der Waals surface area (Å²) >= 11 is 6.40. The van der Waals surface area contributed by atoms with Crippen molar-refractivity contribution in [3.05, 3.63) is 62.9 Å². The van der Waals surface area contributed by atoms with Crippen molar-refractivity contribution in [2.75, 3.05) is 33.0 Å². The first-order chi connectivity index (χ1) is 16.5. The fourth-order valence-corrected chi connectivity index (χ4v) is 5.20. The number of fused-ring (bicyclic) bond motifs is 1. The normalized spacial score (nSPS) is 19.4. The van der Waals surface area contributed by atoms with Crippen LogP contribution in [0.2, 0.25) is 5.02 Å². The van der Waals surface area contributed by atoms with Crippen molar-refractivity contribution in [3.63, 3.8) is 0 Å². The summed E-state index contributed by atoms with van der Waals surface area (Å²) < 4.78 is 18.7. The number of halogens is 1. The third-order valence-corrected chi connectivity index (χ3v) is 6.96. The van der Waals surface area contributed by atoms with Crippen LogP contribution in [-0.2, 0) is 13.1 Å². The molecule has 0 bridgehead atoms. The van der Waals surface area contributed by atoms with E-state index in [-0.39, 0.29) is 29.8 Å². The number of benzene rings is 2. The van der Waals surface area contributed by atoms with Gasteiger partial charge in [-0.2, -0.15) is 0 Å². The highest BCUT2D eigenvalue weighted by atomic mass is 35.5. The van der Waals surface area contributed by atoms with E-state index in [9.17, 15) is 9.59 Å². The maximum absolute atomic E-state index is 13.4. The van der Waals surface area contributed by atoms with Gasteiger partial charge >= 0.3 is 0 Å². The molecule has 9 heteroatoms. The summed E-state index contributed by atoms with van der Waals surface area (Å²) in [5.41, 5.74) is 1.60. The molecule has 0 radical (unpaired) electrons. The average Bonchev–Trinajstić information content (AvgIpc) is 3.30. The molecule has 6 rings (SSSR count). The van der Waals surface area contributed by atoms with E-state index < -0.39 is 0 Å². The van der Waals surface area contributed by atoms with Crippen molar-refractivity contribution >= 4 is 28.4 Å². The first-order valence-electron chi connectivity index (χ1n) is 11.4. The Morgan fingerprint density at radius 3 is 2.65 bits per heavy atom. The van der Waals surface area contributed by atoms with Crippen LogP contribution in [0.5, 0.6) is 17.2 Å². The van der Waals surface area contributed by atoms with Crippen LogP contribution < -0.4 is 19.6 Å². The molecule has 3 aliphatic rings. The standard InChI is InChI=1S/C25H24ClN3O5/c1-15-11-29-13-17(24(30)22-18(26)3-5-20(34-15)23(22)29)25(31)28-8-6-27(7-9-28)12-16-2-4-19-21(10-16)33-14-32-19/h2-5,10,13,15H,6-9,11-12,14H2,1H3/t15-/m0/s1. The zero-order chi connectivity index (χ0) is 23.4. The number of carbonyl (C=O) groups excluding carboxylic acids is 1. The van der Waals surface area contributed by atoms with E-state index in [0.717, 1.165) is 36.7 Å². The van der Waals surface area contributed by atoms with Gasteiger partial charge < -0.3 is 23.7 Å². The molecule has 3 aromatic rings. The van der Waals surface area contributed by atoms with Gasteiger partial charge in [0.1, 0.15) is 17.4 Å².